The molecule has 4 heterocycles. The van der Waals surface area contributed by atoms with Crippen molar-refractivity contribution in [2.24, 2.45) is 11.7 Å². The first kappa shape index (κ1) is 35.1. The summed E-state index contributed by atoms with van der Waals surface area (Å²) in [4.78, 5) is 37.4. The van der Waals surface area contributed by atoms with Gasteiger partial charge in [0.1, 0.15) is 5.82 Å². The van der Waals surface area contributed by atoms with Gasteiger partial charge in [-0.1, -0.05) is 0 Å². The van der Waals surface area contributed by atoms with Gasteiger partial charge in [0, 0.05) is 83.1 Å². The van der Waals surface area contributed by atoms with Crippen molar-refractivity contribution in [3.63, 3.8) is 0 Å². The van der Waals surface area contributed by atoms with Crippen LogP contribution in [0.15, 0.2) is 40.2 Å². The van der Waals surface area contributed by atoms with E-state index in [1.807, 2.05) is 57.5 Å². The maximum absolute atomic E-state index is 13.8. The Bertz CT molecular complexity index is 1670. The van der Waals surface area contributed by atoms with Gasteiger partial charge in [0.2, 0.25) is 0 Å². The Hall–Kier alpha value is -3.25. The number of pyridine rings is 2. The Morgan fingerprint density at radius 2 is 1.79 bits per heavy atom. The molecular weight excluding hydrogens is 638 g/mol. The second-order valence-electron chi connectivity index (χ2n) is 13.2. The SMILES string of the molecule is CSc1cc(C)[nH]c(=O)c1CNC(=O)c1cc(-c2ccc(N3C[C@@H](C)O[C@@H](C)C3)nc2)c2c(c1C)OC(C)([C@H]1CC[C@H](N)CC1)O2.Cl. The molecule has 1 aromatic carbocycles. The number of amides is 1. The van der Waals surface area contributed by atoms with Gasteiger partial charge in [-0.05, 0) is 83.9 Å². The fraction of sp³-hybridized carbons (Fsp3) is 0.514. The van der Waals surface area contributed by atoms with E-state index in [2.05, 4.69) is 29.0 Å². The van der Waals surface area contributed by atoms with E-state index in [0.29, 0.717) is 28.2 Å². The van der Waals surface area contributed by atoms with E-state index in [1.54, 1.807) is 0 Å². The van der Waals surface area contributed by atoms with Gasteiger partial charge in [-0.25, -0.2) is 4.98 Å². The lowest BCUT2D eigenvalue weighted by Gasteiger charge is -2.36. The summed E-state index contributed by atoms with van der Waals surface area (Å²) in [6, 6.07) is 8.02. The van der Waals surface area contributed by atoms with E-state index in [1.165, 1.54) is 11.8 Å². The monoisotopic (exact) mass is 683 g/mol. The summed E-state index contributed by atoms with van der Waals surface area (Å²) in [5.41, 5.74) is 10.0. The fourth-order valence-corrected chi connectivity index (χ4v) is 7.75. The summed E-state index contributed by atoms with van der Waals surface area (Å²) in [5, 5.41) is 2.99. The predicted octanol–water partition coefficient (Wildman–Crippen LogP) is 5.75. The fourth-order valence-electron chi connectivity index (χ4n) is 7.04. The van der Waals surface area contributed by atoms with Gasteiger partial charge in [0.05, 0.1) is 12.2 Å². The highest BCUT2D eigenvalue weighted by molar-refractivity contribution is 7.98. The van der Waals surface area contributed by atoms with Gasteiger partial charge in [-0.3, -0.25) is 9.59 Å². The molecule has 6 rings (SSSR count). The molecule has 2 fully saturated rings. The zero-order valence-electron chi connectivity index (χ0n) is 28.0. The molecule has 1 saturated carbocycles. The Kier molecular flexibility index (Phi) is 10.5. The van der Waals surface area contributed by atoms with Crippen molar-refractivity contribution >= 4 is 35.9 Å². The van der Waals surface area contributed by atoms with Crippen LogP contribution in [0.25, 0.3) is 11.1 Å². The highest BCUT2D eigenvalue weighted by atomic mass is 35.5. The number of nitrogens with two attached hydrogens (primary N) is 1. The molecular formula is C35H46ClN5O5S. The third-order valence-corrected chi connectivity index (χ3v) is 10.3. The summed E-state index contributed by atoms with van der Waals surface area (Å²) < 4.78 is 19.3. The number of halogens is 1. The number of H-pyrrole nitrogens is 1. The number of anilines is 1. The van der Waals surface area contributed by atoms with Gasteiger partial charge in [0.15, 0.2) is 11.5 Å². The second kappa shape index (κ2) is 14.1. The molecule has 2 aliphatic heterocycles. The molecule has 1 amide bonds. The number of aryl methyl sites for hydroxylation is 1. The number of aromatic nitrogens is 2. The minimum atomic E-state index is -0.882. The number of hydrogen-bond acceptors (Lipinski definition) is 9. The first-order valence-electron chi connectivity index (χ1n) is 16.2. The number of nitrogens with zero attached hydrogens (tertiary/aromatic N) is 2. The first-order valence-corrected chi connectivity index (χ1v) is 17.4. The lowest BCUT2D eigenvalue weighted by Crippen LogP contribution is -2.46. The summed E-state index contributed by atoms with van der Waals surface area (Å²) in [6.07, 6.45) is 7.64. The van der Waals surface area contributed by atoms with Gasteiger partial charge >= 0.3 is 0 Å². The molecule has 0 radical (unpaired) electrons. The number of nitrogens with one attached hydrogen (secondary N) is 2. The molecule has 1 unspecified atom stereocenters. The molecule has 2 aromatic heterocycles. The molecule has 12 heteroatoms. The minimum Gasteiger partial charge on any atom is -0.448 e. The topological polar surface area (TPSA) is 132 Å². The van der Waals surface area contributed by atoms with E-state index in [4.69, 9.17) is 24.9 Å². The molecule has 1 saturated heterocycles. The summed E-state index contributed by atoms with van der Waals surface area (Å²) >= 11 is 1.48. The molecule has 0 bridgehead atoms. The quantitative estimate of drug-likeness (QED) is 0.267. The number of aromatic amines is 1. The number of hydrogen-bond donors (Lipinski definition) is 3. The molecule has 47 heavy (non-hydrogen) atoms. The smallest absolute Gasteiger partial charge is 0.254 e. The Balaban J connectivity index is 0.00000433. The van der Waals surface area contributed by atoms with E-state index >= 15 is 0 Å². The average molecular weight is 684 g/mol. The first-order chi connectivity index (χ1) is 22.0. The van der Waals surface area contributed by atoms with Gasteiger partial charge < -0.3 is 35.1 Å². The van der Waals surface area contributed by atoms with Crippen LogP contribution in [0.1, 0.15) is 73.6 Å². The summed E-state index contributed by atoms with van der Waals surface area (Å²) in [7, 11) is 0. The highest BCUT2D eigenvalue weighted by Crippen LogP contribution is 2.52. The molecule has 10 nitrogen and oxygen atoms in total. The predicted molar refractivity (Wildman–Crippen MR) is 188 cm³/mol. The van der Waals surface area contributed by atoms with Crippen molar-refractivity contribution in [2.45, 2.75) is 95.8 Å². The number of morpholine rings is 1. The van der Waals surface area contributed by atoms with Crippen molar-refractivity contribution in [3.05, 3.63) is 63.2 Å². The number of thioether (sulfide) groups is 1. The zero-order chi connectivity index (χ0) is 32.7. The van der Waals surface area contributed by atoms with E-state index in [0.717, 1.165) is 66.3 Å². The highest BCUT2D eigenvalue weighted by Gasteiger charge is 2.47. The Labute approximate surface area is 286 Å². The largest absolute Gasteiger partial charge is 0.448 e. The van der Waals surface area contributed by atoms with Crippen LogP contribution in [0, 0.1) is 19.8 Å². The van der Waals surface area contributed by atoms with E-state index in [-0.39, 0.29) is 54.6 Å². The van der Waals surface area contributed by atoms with Crippen molar-refractivity contribution < 1.29 is 19.0 Å². The van der Waals surface area contributed by atoms with Crippen LogP contribution in [0.4, 0.5) is 5.82 Å². The number of fused-ring (bicyclic) bond motifs is 1. The molecule has 3 aromatic rings. The van der Waals surface area contributed by atoms with E-state index in [9.17, 15) is 9.59 Å². The van der Waals surface area contributed by atoms with Crippen LogP contribution in [-0.4, -0.2) is 59.3 Å². The lowest BCUT2D eigenvalue weighted by molar-refractivity contribution is -0.120. The van der Waals surface area contributed by atoms with Crippen LogP contribution < -0.4 is 31.0 Å². The Morgan fingerprint density at radius 1 is 1.11 bits per heavy atom. The number of carbonyl (C=O) groups is 1. The number of ether oxygens (including phenoxy) is 3. The normalized spacial score (nSPS) is 25.3. The van der Waals surface area contributed by atoms with E-state index < -0.39 is 5.79 Å². The molecule has 254 valence electrons. The third kappa shape index (κ3) is 7.13. The molecule has 3 aliphatic rings. The zero-order valence-corrected chi connectivity index (χ0v) is 29.6. The van der Waals surface area contributed by atoms with Crippen molar-refractivity contribution in [1.82, 2.24) is 15.3 Å². The van der Waals surface area contributed by atoms with Gasteiger partial charge in [-0.15, -0.1) is 24.2 Å². The summed E-state index contributed by atoms with van der Waals surface area (Å²) in [5.74, 6) is 1.05. The standard InChI is InChI=1S/C35H45N5O5S.ClH/c1-19-13-29(46-6)28(34(42)39-19)16-38-33(41)26-14-27(23-7-12-30(37-15-23)40-17-20(2)43-21(3)18-40)32-31(22(26)4)44-35(5,45-32)24-8-10-25(36)11-9-24;/h7,12-15,20-21,24-25H,8-11,16-18,36H2,1-6H3,(H,38,41)(H,39,42);1H/t20-,21+,24-,25-,35?;. The maximum atomic E-state index is 13.8. The molecule has 4 N–H and O–H groups in total. The molecule has 0 spiro atoms. The minimum absolute atomic E-state index is 0. The van der Waals surface area contributed by atoms with Crippen molar-refractivity contribution in [1.29, 1.82) is 0 Å². The van der Waals surface area contributed by atoms with Crippen LogP contribution in [0.3, 0.4) is 0 Å². The Morgan fingerprint density at radius 3 is 2.43 bits per heavy atom. The number of rotatable bonds is 7. The van der Waals surface area contributed by atoms with Crippen LogP contribution >= 0.6 is 24.2 Å². The van der Waals surface area contributed by atoms with Crippen LogP contribution in [0.5, 0.6) is 11.5 Å². The molecule has 1 aliphatic carbocycles. The molecule has 3 atom stereocenters. The summed E-state index contributed by atoms with van der Waals surface area (Å²) in [6.45, 7) is 11.5. The lowest BCUT2D eigenvalue weighted by atomic mass is 9.81. The van der Waals surface area contributed by atoms with Crippen LogP contribution in [-0.2, 0) is 11.3 Å². The van der Waals surface area contributed by atoms with Crippen molar-refractivity contribution in [3.8, 4) is 22.6 Å². The number of carbonyl (C=O) groups excluding carboxylic acids is 1. The second-order valence-corrected chi connectivity index (χ2v) is 14.0. The number of benzene rings is 1. The van der Waals surface area contributed by atoms with Gasteiger partial charge in [0.25, 0.3) is 17.3 Å². The van der Waals surface area contributed by atoms with Gasteiger partial charge in [-0.2, -0.15) is 0 Å². The van der Waals surface area contributed by atoms with Crippen LogP contribution in [0.2, 0.25) is 0 Å². The average Bonchev–Trinajstić information content (AvgIpc) is 3.39. The van der Waals surface area contributed by atoms with Crippen molar-refractivity contribution in [2.75, 3.05) is 24.2 Å². The third-order valence-electron chi connectivity index (χ3n) is 9.53. The maximum Gasteiger partial charge on any atom is 0.254 e.